The highest BCUT2D eigenvalue weighted by atomic mass is 16.3. The zero-order valence-electron chi connectivity index (χ0n) is 13.3. The number of aromatic nitrogens is 3. The second-order valence-electron chi connectivity index (χ2n) is 5.71. The lowest BCUT2D eigenvalue weighted by atomic mass is 10.1. The molecule has 3 aromatic rings. The van der Waals surface area contributed by atoms with Crippen molar-refractivity contribution in [3.05, 3.63) is 54.1 Å². The van der Waals surface area contributed by atoms with E-state index >= 15 is 0 Å². The van der Waals surface area contributed by atoms with Gasteiger partial charge in [-0.25, -0.2) is 4.98 Å². The molecule has 3 aromatic heterocycles. The average Bonchev–Trinajstić information content (AvgIpc) is 3.17. The average molecular weight is 324 g/mol. The second kappa shape index (κ2) is 6.18. The predicted octanol–water partition coefficient (Wildman–Crippen LogP) is 1.37. The smallest absolute Gasteiger partial charge is 0.287 e. The van der Waals surface area contributed by atoms with Crippen LogP contribution < -0.4 is 5.32 Å². The van der Waals surface area contributed by atoms with Crippen molar-refractivity contribution in [3.8, 4) is 11.8 Å². The number of carbonyl (C=O) groups is 1. The molecule has 0 aliphatic heterocycles. The molecule has 0 aliphatic rings. The summed E-state index contributed by atoms with van der Waals surface area (Å²) < 4.78 is 7.21. The van der Waals surface area contributed by atoms with Crippen molar-refractivity contribution in [2.75, 3.05) is 0 Å². The van der Waals surface area contributed by atoms with Crippen molar-refractivity contribution >= 4 is 11.6 Å². The van der Waals surface area contributed by atoms with E-state index in [0.29, 0.717) is 18.0 Å². The zero-order chi connectivity index (χ0) is 17.2. The van der Waals surface area contributed by atoms with Gasteiger partial charge in [0.15, 0.2) is 17.2 Å². The molecule has 0 radical (unpaired) electrons. The molecule has 0 aliphatic carbocycles. The fourth-order valence-corrected chi connectivity index (χ4v) is 2.03. The van der Waals surface area contributed by atoms with Crippen LogP contribution in [0.4, 0.5) is 0 Å². The van der Waals surface area contributed by atoms with E-state index in [0.717, 1.165) is 5.69 Å². The van der Waals surface area contributed by atoms with Crippen LogP contribution in [-0.4, -0.2) is 31.0 Å². The van der Waals surface area contributed by atoms with Crippen molar-refractivity contribution in [1.82, 2.24) is 19.7 Å². The number of furan rings is 1. The fourth-order valence-electron chi connectivity index (χ4n) is 2.03. The van der Waals surface area contributed by atoms with Crippen LogP contribution in [0.15, 0.2) is 41.3 Å². The molecule has 0 spiro atoms. The summed E-state index contributed by atoms with van der Waals surface area (Å²) >= 11 is 0. The minimum atomic E-state index is -1.12. The van der Waals surface area contributed by atoms with Gasteiger partial charge in [-0.1, -0.05) is 5.92 Å². The first-order chi connectivity index (χ1) is 11.4. The Morgan fingerprint density at radius 3 is 3.04 bits per heavy atom. The summed E-state index contributed by atoms with van der Waals surface area (Å²) in [5, 5.41) is 12.3. The lowest BCUT2D eigenvalue weighted by molar-refractivity contribution is 0.0922. The zero-order valence-corrected chi connectivity index (χ0v) is 13.3. The SMILES string of the molecule is CC(C)(O)C#Cc1ccc(C(=O)NCc2cnc3cnccn23)o1. The van der Waals surface area contributed by atoms with E-state index in [1.807, 2.05) is 4.40 Å². The number of hydrogen-bond acceptors (Lipinski definition) is 5. The molecule has 7 heteroatoms. The van der Waals surface area contributed by atoms with Gasteiger partial charge in [0.05, 0.1) is 24.6 Å². The molecule has 0 fully saturated rings. The van der Waals surface area contributed by atoms with Gasteiger partial charge in [0.2, 0.25) is 0 Å². The van der Waals surface area contributed by atoms with Gasteiger partial charge in [0.25, 0.3) is 5.91 Å². The Labute approximate surface area is 138 Å². The molecule has 0 atom stereocenters. The number of rotatable bonds is 3. The van der Waals surface area contributed by atoms with Crippen molar-refractivity contribution < 1.29 is 14.3 Å². The molecular formula is C17H16N4O3. The maximum Gasteiger partial charge on any atom is 0.287 e. The Hall–Kier alpha value is -3.11. The fraction of sp³-hybridized carbons (Fsp3) is 0.235. The third-order valence-corrected chi connectivity index (χ3v) is 3.15. The van der Waals surface area contributed by atoms with Gasteiger partial charge < -0.3 is 14.8 Å². The largest absolute Gasteiger partial charge is 0.443 e. The van der Waals surface area contributed by atoms with Gasteiger partial charge in [0, 0.05) is 12.4 Å². The summed E-state index contributed by atoms with van der Waals surface area (Å²) in [5.41, 5.74) is 0.422. The lowest BCUT2D eigenvalue weighted by Gasteiger charge is -2.05. The molecule has 3 heterocycles. The van der Waals surface area contributed by atoms with Crippen molar-refractivity contribution in [2.24, 2.45) is 0 Å². The molecule has 2 N–H and O–H groups in total. The van der Waals surface area contributed by atoms with Crippen LogP contribution in [0.2, 0.25) is 0 Å². The maximum absolute atomic E-state index is 12.1. The molecular weight excluding hydrogens is 308 g/mol. The Kier molecular flexibility index (Phi) is 4.06. The molecule has 24 heavy (non-hydrogen) atoms. The van der Waals surface area contributed by atoms with E-state index in [4.69, 9.17) is 4.42 Å². The Balaban J connectivity index is 1.67. The number of nitrogens with zero attached hydrogens (tertiary/aromatic N) is 3. The molecule has 0 bridgehead atoms. The highest BCUT2D eigenvalue weighted by Gasteiger charge is 2.12. The van der Waals surface area contributed by atoms with Crippen molar-refractivity contribution in [2.45, 2.75) is 26.0 Å². The highest BCUT2D eigenvalue weighted by molar-refractivity contribution is 5.91. The van der Waals surface area contributed by atoms with E-state index in [2.05, 4.69) is 27.1 Å². The molecule has 1 amide bonds. The lowest BCUT2D eigenvalue weighted by Crippen LogP contribution is -2.23. The van der Waals surface area contributed by atoms with Gasteiger partial charge in [-0.15, -0.1) is 0 Å². The third-order valence-electron chi connectivity index (χ3n) is 3.15. The van der Waals surface area contributed by atoms with E-state index < -0.39 is 5.60 Å². The third kappa shape index (κ3) is 3.62. The summed E-state index contributed by atoms with van der Waals surface area (Å²) in [6.45, 7) is 3.44. The van der Waals surface area contributed by atoms with Gasteiger partial charge in [-0.2, -0.15) is 0 Å². The van der Waals surface area contributed by atoms with Gasteiger partial charge in [-0.3, -0.25) is 14.2 Å². The summed E-state index contributed by atoms with van der Waals surface area (Å²) in [4.78, 5) is 20.3. The van der Waals surface area contributed by atoms with Gasteiger partial charge in [-0.05, 0) is 31.9 Å². The standard InChI is InChI=1S/C17H16N4O3/c1-17(2,23)6-5-13-3-4-14(24-13)16(22)20-10-12-9-19-15-11-18-7-8-21(12)15/h3-4,7-9,11,23H,10H2,1-2H3,(H,20,22). The number of amides is 1. The van der Waals surface area contributed by atoms with E-state index in [1.54, 1.807) is 50.8 Å². The van der Waals surface area contributed by atoms with Crippen LogP contribution in [0, 0.1) is 11.8 Å². The molecule has 7 nitrogen and oxygen atoms in total. The number of nitrogens with one attached hydrogen (secondary N) is 1. The number of fused-ring (bicyclic) bond motifs is 1. The Morgan fingerprint density at radius 2 is 2.25 bits per heavy atom. The number of carbonyl (C=O) groups excluding carboxylic acids is 1. The normalized spacial score (nSPS) is 11.1. The topological polar surface area (TPSA) is 92.7 Å². The van der Waals surface area contributed by atoms with Crippen LogP contribution in [0.1, 0.15) is 35.9 Å². The molecule has 0 unspecified atom stereocenters. The van der Waals surface area contributed by atoms with Crippen molar-refractivity contribution in [1.29, 1.82) is 0 Å². The predicted molar refractivity (Wildman–Crippen MR) is 86.0 cm³/mol. The highest BCUT2D eigenvalue weighted by Crippen LogP contribution is 2.09. The number of aliphatic hydroxyl groups is 1. The first kappa shape index (κ1) is 15.8. The van der Waals surface area contributed by atoms with E-state index in [9.17, 15) is 9.90 Å². The van der Waals surface area contributed by atoms with Crippen LogP contribution in [0.5, 0.6) is 0 Å². The Morgan fingerprint density at radius 1 is 1.42 bits per heavy atom. The Bertz CT molecular complexity index is 938. The molecule has 3 rings (SSSR count). The first-order valence-electron chi connectivity index (χ1n) is 7.32. The summed E-state index contributed by atoms with van der Waals surface area (Å²) in [6, 6.07) is 3.13. The van der Waals surface area contributed by atoms with Gasteiger partial charge in [0.1, 0.15) is 5.60 Å². The summed E-state index contributed by atoms with van der Waals surface area (Å²) in [7, 11) is 0. The molecule has 0 saturated heterocycles. The number of imidazole rings is 1. The second-order valence-corrected chi connectivity index (χ2v) is 5.71. The maximum atomic E-state index is 12.1. The first-order valence-corrected chi connectivity index (χ1v) is 7.32. The van der Waals surface area contributed by atoms with Crippen LogP contribution in [0.25, 0.3) is 5.65 Å². The van der Waals surface area contributed by atoms with E-state index in [-0.39, 0.29) is 11.7 Å². The van der Waals surface area contributed by atoms with Crippen molar-refractivity contribution in [3.63, 3.8) is 0 Å². The molecule has 122 valence electrons. The van der Waals surface area contributed by atoms with Gasteiger partial charge >= 0.3 is 0 Å². The quantitative estimate of drug-likeness (QED) is 0.710. The number of hydrogen-bond donors (Lipinski definition) is 2. The molecule has 0 saturated carbocycles. The van der Waals surface area contributed by atoms with Crippen LogP contribution in [0.3, 0.4) is 0 Å². The minimum absolute atomic E-state index is 0.158. The van der Waals surface area contributed by atoms with Crippen LogP contribution >= 0.6 is 0 Å². The van der Waals surface area contributed by atoms with E-state index in [1.165, 1.54) is 0 Å². The minimum Gasteiger partial charge on any atom is -0.443 e. The monoisotopic (exact) mass is 324 g/mol. The van der Waals surface area contributed by atoms with Crippen LogP contribution in [-0.2, 0) is 6.54 Å². The summed E-state index contributed by atoms with van der Waals surface area (Å²) in [5.74, 6) is 5.44. The summed E-state index contributed by atoms with van der Waals surface area (Å²) in [6.07, 6.45) is 6.76. The molecule has 0 aromatic carbocycles.